The van der Waals surface area contributed by atoms with E-state index in [0.29, 0.717) is 4.88 Å². The number of hydrogen-bond donors (Lipinski definition) is 1. The summed E-state index contributed by atoms with van der Waals surface area (Å²) in [5.74, 6) is -2.74. The van der Waals surface area contributed by atoms with Crippen molar-refractivity contribution < 1.29 is 23.1 Å². The number of ether oxygens (including phenoxy) is 1. The number of aryl methyl sites for hydroxylation is 2. The molecule has 1 aliphatic carbocycles. The van der Waals surface area contributed by atoms with Crippen LogP contribution in [0.3, 0.4) is 0 Å². The van der Waals surface area contributed by atoms with Gasteiger partial charge in [-0.2, -0.15) is 0 Å². The molecular formula is C18H17F2NO3S. The van der Waals surface area contributed by atoms with Gasteiger partial charge in [-0.05, 0) is 56.4 Å². The van der Waals surface area contributed by atoms with Gasteiger partial charge in [0.1, 0.15) is 16.5 Å². The van der Waals surface area contributed by atoms with E-state index in [1.54, 1.807) is 0 Å². The summed E-state index contributed by atoms with van der Waals surface area (Å²) in [6.07, 6.45) is 3.00. The van der Waals surface area contributed by atoms with Gasteiger partial charge in [0.2, 0.25) is 0 Å². The molecule has 0 saturated heterocycles. The second-order valence-electron chi connectivity index (χ2n) is 5.93. The molecule has 4 nitrogen and oxygen atoms in total. The van der Waals surface area contributed by atoms with E-state index in [2.05, 4.69) is 5.32 Å². The third-order valence-corrected chi connectivity index (χ3v) is 5.25. The van der Waals surface area contributed by atoms with Gasteiger partial charge >= 0.3 is 5.97 Å². The predicted octanol–water partition coefficient (Wildman–Crippen LogP) is 4.09. The standard InChI is InChI=1S/C18H17F2NO3S/c1-10(17(22)21-14-9-12(19)6-7-13(14)20)24-18(23)16-8-11-4-2-3-5-15(11)25-16/h6-10H,2-5H2,1H3,(H,21,22)/t10-/m1/s1. The number of carbonyl (C=O) groups is 2. The largest absolute Gasteiger partial charge is 0.448 e. The minimum atomic E-state index is -1.13. The van der Waals surface area contributed by atoms with Crippen LogP contribution < -0.4 is 5.32 Å². The van der Waals surface area contributed by atoms with E-state index in [0.717, 1.165) is 43.9 Å². The monoisotopic (exact) mass is 365 g/mol. The second kappa shape index (κ2) is 7.31. The van der Waals surface area contributed by atoms with Crippen LogP contribution in [0.25, 0.3) is 0 Å². The summed E-state index contributed by atoms with van der Waals surface area (Å²) in [6.45, 7) is 1.39. The van der Waals surface area contributed by atoms with Crippen LogP contribution in [-0.4, -0.2) is 18.0 Å². The van der Waals surface area contributed by atoms with Crippen LogP contribution in [-0.2, 0) is 22.4 Å². The van der Waals surface area contributed by atoms with Crippen molar-refractivity contribution in [2.75, 3.05) is 5.32 Å². The highest BCUT2D eigenvalue weighted by Gasteiger charge is 2.23. The summed E-state index contributed by atoms with van der Waals surface area (Å²) in [7, 11) is 0. The SMILES string of the molecule is C[C@@H](OC(=O)c1cc2c(s1)CCCC2)C(=O)Nc1cc(F)ccc1F. The Kier molecular flexibility index (Phi) is 5.13. The lowest BCUT2D eigenvalue weighted by Gasteiger charge is -2.13. The molecule has 25 heavy (non-hydrogen) atoms. The van der Waals surface area contributed by atoms with Crippen molar-refractivity contribution in [3.05, 3.63) is 51.2 Å². The molecule has 7 heteroatoms. The summed E-state index contributed by atoms with van der Waals surface area (Å²) in [4.78, 5) is 25.9. The van der Waals surface area contributed by atoms with E-state index >= 15 is 0 Å². The van der Waals surface area contributed by atoms with Crippen molar-refractivity contribution in [1.82, 2.24) is 0 Å². The molecule has 1 aliphatic rings. The van der Waals surface area contributed by atoms with Crippen LogP contribution in [0.4, 0.5) is 14.5 Å². The zero-order valence-electron chi connectivity index (χ0n) is 13.6. The Morgan fingerprint density at radius 3 is 2.72 bits per heavy atom. The zero-order valence-corrected chi connectivity index (χ0v) is 14.4. The molecule has 0 radical (unpaired) electrons. The van der Waals surface area contributed by atoms with Crippen LogP contribution in [0.15, 0.2) is 24.3 Å². The number of thiophene rings is 1. The molecule has 0 unspecified atom stereocenters. The lowest BCUT2D eigenvalue weighted by molar-refractivity contribution is -0.123. The van der Waals surface area contributed by atoms with Crippen molar-refractivity contribution in [1.29, 1.82) is 0 Å². The maximum atomic E-state index is 13.6. The van der Waals surface area contributed by atoms with E-state index in [-0.39, 0.29) is 5.69 Å². The highest BCUT2D eigenvalue weighted by Crippen LogP contribution is 2.30. The smallest absolute Gasteiger partial charge is 0.349 e. The molecular weight excluding hydrogens is 348 g/mol. The minimum absolute atomic E-state index is 0.292. The topological polar surface area (TPSA) is 55.4 Å². The van der Waals surface area contributed by atoms with Gasteiger partial charge < -0.3 is 10.1 Å². The molecule has 1 aromatic heterocycles. The Hall–Kier alpha value is -2.28. The van der Waals surface area contributed by atoms with Gasteiger partial charge in [0.15, 0.2) is 6.10 Å². The summed E-state index contributed by atoms with van der Waals surface area (Å²) in [5.41, 5.74) is 0.877. The van der Waals surface area contributed by atoms with Crippen LogP contribution in [0.5, 0.6) is 0 Å². The first-order valence-corrected chi connectivity index (χ1v) is 8.84. The first kappa shape index (κ1) is 17.5. The Labute approximate surface area is 147 Å². The van der Waals surface area contributed by atoms with Gasteiger partial charge in [-0.1, -0.05) is 0 Å². The number of esters is 1. The highest BCUT2D eigenvalue weighted by molar-refractivity contribution is 7.14. The first-order chi connectivity index (χ1) is 11.9. The fourth-order valence-corrected chi connectivity index (χ4v) is 3.83. The number of carbonyl (C=O) groups excluding carboxylic acids is 2. The maximum Gasteiger partial charge on any atom is 0.349 e. The third-order valence-electron chi connectivity index (χ3n) is 4.04. The van der Waals surface area contributed by atoms with Crippen molar-refractivity contribution in [2.24, 2.45) is 0 Å². The van der Waals surface area contributed by atoms with E-state index in [9.17, 15) is 18.4 Å². The minimum Gasteiger partial charge on any atom is -0.448 e. The quantitative estimate of drug-likeness (QED) is 0.831. The molecule has 1 heterocycles. The molecule has 0 fully saturated rings. The van der Waals surface area contributed by atoms with Gasteiger partial charge in [0.25, 0.3) is 5.91 Å². The lowest BCUT2D eigenvalue weighted by Crippen LogP contribution is -2.30. The predicted molar refractivity (Wildman–Crippen MR) is 90.8 cm³/mol. The zero-order chi connectivity index (χ0) is 18.0. The van der Waals surface area contributed by atoms with Crippen LogP contribution in [0.1, 0.15) is 39.9 Å². The normalized spacial score (nSPS) is 14.5. The molecule has 0 bridgehead atoms. The number of nitrogens with one attached hydrogen (secondary N) is 1. The Bertz CT molecular complexity index is 795. The third kappa shape index (κ3) is 4.04. The van der Waals surface area contributed by atoms with Crippen molar-refractivity contribution >= 4 is 28.9 Å². The van der Waals surface area contributed by atoms with Gasteiger partial charge in [-0.3, -0.25) is 4.79 Å². The number of benzene rings is 1. The molecule has 2 aromatic rings. The molecule has 0 saturated carbocycles. The number of amides is 1. The average Bonchev–Trinajstić information content (AvgIpc) is 3.02. The van der Waals surface area contributed by atoms with E-state index < -0.39 is 29.6 Å². The fraction of sp³-hybridized carbons (Fsp3) is 0.333. The number of hydrogen-bond acceptors (Lipinski definition) is 4. The van der Waals surface area contributed by atoms with Gasteiger partial charge in [-0.25, -0.2) is 13.6 Å². The van der Waals surface area contributed by atoms with Crippen LogP contribution in [0, 0.1) is 11.6 Å². The number of fused-ring (bicyclic) bond motifs is 1. The number of halogens is 2. The molecule has 0 aliphatic heterocycles. The lowest BCUT2D eigenvalue weighted by atomic mass is 9.99. The van der Waals surface area contributed by atoms with E-state index in [1.807, 2.05) is 6.07 Å². The maximum absolute atomic E-state index is 13.6. The second-order valence-corrected chi connectivity index (χ2v) is 7.06. The first-order valence-electron chi connectivity index (χ1n) is 8.02. The molecule has 132 valence electrons. The van der Waals surface area contributed by atoms with Gasteiger partial charge in [0.05, 0.1) is 5.69 Å². The molecule has 1 N–H and O–H groups in total. The summed E-state index contributed by atoms with van der Waals surface area (Å²) in [6, 6.07) is 4.55. The number of rotatable bonds is 4. The van der Waals surface area contributed by atoms with Crippen molar-refractivity contribution in [3.8, 4) is 0 Å². The van der Waals surface area contributed by atoms with Crippen molar-refractivity contribution in [3.63, 3.8) is 0 Å². The van der Waals surface area contributed by atoms with Crippen LogP contribution >= 0.6 is 11.3 Å². The van der Waals surface area contributed by atoms with Crippen LogP contribution in [0.2, 0.25) is 0 Å². The highest BCUT2D eigenvalue weighted by atomic mass is 32.1. The van der Waals surface area contributed by atoms with E-state index in [1.165, 1.54) is 28.7 Å². The Balaban J connectivity index is 1.63. The van der Waals surface area contributed by atoms with Gasteiger partial charge in [0, 0.05) is 10.9 Å². The molecule has 0 spiro atoms. The summed E-state index contributed by atoms with van der Waals surface area (Å²) < 4.78 is 31.9. The summed E-state index contributed by atoms with van der Waals surface area (Å²) in [5, 5.41) is 2.23. The fourth-order valence-electron chi connectivity index (χ4n) is 2.69. The van der Waals surface area contributed by atoms with Gasteiger partial charge in [-0.15, -0.1) is 11.3 Å². The van der Waals surface area contributed by atoms with Crippen molar-refractivity contribution in [2.45, 2.75) is 38.7 Å². The Morgan fingerprint density at radius 2 is 1.96 bits per heavy atom. The number of anilines is 1. The molecule has 1 amide bonds. The average molecular weight is 365 g/mol. The summed E-state index contributed by atoms with van der Waals surface area (Å²) >= 11 is 1.39. The van der Waals surface area contributed by atoms with E-state index in [4.69, 9.17) is 4.74 Å². The Morgan fingerprint density at radius 1 is 1.20 bits per heavy atom. The molecule has 1 aromatic carbocycles. The molecule has 3 rings (SSSR count). The molecule has 1 atom stereocenters.